The minimum Gasteiger partial charge on any atom is -0.329 e. The molecule has 4 heteroatoms. The van der Waals surface area contributed by atoms with Gasteiger partial charge in [-0.25, -0.2) is 0 Å². The molecule has 1 aromatic heterocycles. The van der Waals surface area contributed by atoms with Crippen molar-refractivity contribution in [2.45, 2.75) is 45.1 Å². The first-order chi connectivity index (χ1) is 9.11. The molecule has 0 radical (unpaired) electrons. The molecule has 0 spiro atoms. The largest absolute Gasteiger partial charge is 0.329 e. The second-order valence-corrected chi connectivity index (χ2v) is 6.04. The molecular weight excluding hydrogens is 236 g/mol. The third kappa shape index (κ3) is 3.57. The van der Waals surface area contributed by atoms with Gasteiger partial charge in [-0.3, -0.25) is 9.58 Å². The average molecular weight is 264 g/mol. The molecule has 1 heterocycles. The van der Waals surface area contributed by atoms with Gasteiger partial charge in [0.15, 0.2) is 0 Å². The van der Waals surface area contributed by atoms with E-state index in [1.807, 2.05) is 11.7 Å². The first kappa shape index (κ1) is 14.5. The molecule has 19 heavy (non-hydrogen) atoms. The van der Waals surface area contributed by atoms with Crippen LogP contribution in [0.2, 0.25) is 0 Å². The topological polar surface area (TPSA) is 47.1 Å². The summed E-state index contributed by atoms with van der Waals surface area (Å²) in [6.07, 6.45) is 9.10. The number of nitrogens with zero attached hydrogens (tertiary/aromatic N) is 3. The predicted octanol–water partition coefficient (Wildman–Crippen LogP) is 2.24. The molecule has 2 N–H and O–H groups in total. The van der Waals surface area contributed by atoms with Crippen molar-refractivity contribution >= 4 is 0 Å². The normalized spacial score (nSPS) is 19.0. The van der Waals surface area contributed by atoms with E-state index in [1.165, 1.54) is 37.7 Å². The van der Waals surface area contributed by atoms with E-state index in [2.05, 4.69) is 30.2 Å². The van der Waals surface area contributed by atoms with Crippen LogP contribution in [0, 0.1) is 12.8 Å². The number of rotatable bonds is 5. The van der Waals surface area contributed by atoms with Crippen LogP contribution >= 0.6 is 0 Å². The van der Waals surface area contributed by atoms with E-state index >= 15 is 0 Å². The number of hydrogen-bond acceptors (Lipinski definition) is 3. The number of likely N-dealkylation sites (N-methyl/N-ethyl adjacent to an activating group) is 1. The third-order valence-corrected chi connectivity index (χ3v) is 4.44. The van der Waals surface area contributed by atoms with Crippen molar-refractivity contribution in [3.8, 4) is 0 Å². The Morgan fingerprint density at radius 2 is 2.11 bits per heavy atom. The molecule has 1 atom stereocenters. The van der Waals surface area contributed by atoms with Crippen LogP contribution in [0.3, 0.4) is 0 Å². The highest BCUT2D eigenvalue weighted by Gasteiger charge is 2.23. The second-order valence-electron chi connectivity index (χ2n) is 6.04. The van der Waals surface area contributed by atoms with Gasteiger partial charge in [-0.2, -0.15) is 5.10 Å². The van der Waals surface area contributed by atoms with E-state index in [9.17, 15) is 0 Å². The maximum absolute atomic E-state index is 6.01. The van der Waals surface area contributed by atoms with E-state index in [1.54, 1.807) is 0 Å². The first-order valence-corrected chi connectivity index (χ1v) is 7.52. The zero-order chi connectivity index (χ0) is 13.8. The van der Waals surface area contributed by atoms with Crippen LogP contribution in [0.1, 0.15) is 49.4 Å². The molecule has 0 aromatic carbocycles. The quantitative estimate of drug-likeness (QED) is 0.887. The Kier molecular flexibility index (Phi) is 4.99. The molecule has 0 bridgehead atoms. The molecule has 1 aliphatic rings. The van der Waals surface area contributed by atoms with Gasteiger partial charge in [-0.1, -0.05) is 19.3 Å². The summed E-state index contributed by atoms with van der Waals surface area (Å²) < 4.78 is 1.89. The minimum absolute atomic E-state index is 0.302. The molecule has 108 valence electrons. The molecule has 2 rings (SSSR count). The summed E-state index contributed by atoms with van der Waals surface area (Å²) in [5.41, 5.74) is 8.40. The number of hydrogen-bond donors (Lipinski definition) is 1. The molecule has 0 saturated heterocycles. The molecular formula is C15H28N4. The number of aryl methyl sites for hydroxylation is 2. The Balaban J connectivity index is 2.01. The molecule has 0 aliphatic heterocycles. The summed E-state index contributed by atoms with van der Waals surface area (Å²) in [6.45, 7) is 3.90. The van der Waals surface area contributed by atoms with Gasteiger partial charge < -0.3 is 5.73 Å². The molecule has 1 unspecified atom stereocenters. The Morgan fingerprint density at radius 3 is 2.63 bits per heavy atom. The maximum Gasteiger partial charge on any atom is 0.0641 e. The molecule has 4 nitrogen and oxygen atoms in total. The first-order valence-electron chi connectivity index (χ1n) is 7.52. The highest BCUT2D eigenvalue weighted by Crippen LogP contribution is 2.27. The maximum atomic E-state index is 6.01. The van der Waals surface area contributed by atoms with Crippen LogP contribution < -0.4 is 5.73 Å². The smallest absolute Gasteiger partial charge is 0.0641 e. The third-order valence-electron chi connectivity index (χ3n) is 4.44. The van der Waals surface area contributed by atoms with Crippen LogP contribution in [0.4, 0.5) is 0 Å². The van der Waals surface area contributed by atoms with Crippen molar-refractivity contribution in [2.24, 2.45) is 18.7 Å². The van der Waals surface area contributed by atoms with Crippen molar-refractivity contribution in [1.29, 1.82) is 0 Å². The van der Waals surface area contributed by atoms with E-state index in [0.717, 1.165) is 18.2 Å². The van der Waals surface area contributed by atoms with Crippen molar-refractivity contribution in [2.75, 3.05) is 20.1 Å². The van der Waals surface area contributed by atoms with Crippen molar-refractivity contribution in [3.63, 3.8) is 0 Å². The van der Waals surface area contributed by atoms with Gasteiger partial charge >= 0.3 is 0 Å². The van der Waals surface area contributed by atoms with Gasteiger partial charge in [0.1, 0.15) is 0 Å². The highest BCUT2D eigenvalue weighted by atomic mass is 15.3. The van der Waals surface area contributed by atoms with Crippen LogP contribution in [0.25, 0.3) is 0 Å². The van der Waals surface area contributed by atoms with Crippen LogP contribution in [0.15, 0.2) is 6.20 Å². The Morgan fingerprint density at radius 1 is 1.42 bits per heavy atom. The Bertz CT molecular complexity index is 393. The number of aromatic nitrogens is 2. The summed E-state index contributed by atoms with van der Waals surface area (Å²) in [7, 11) is 4.18. The second kappa shape index (κ2) is 6.53. The minimum atomic E-state index is 0.302. The molecule has 1 saturated carbocycles. The molecule has 1 fully saturated rings. The van der Waals surface area contributed by atoms with E-state index in [4.69, 9.17) is 5.73 Å². The summed E-state index contributed by atoms with van der Waals surface area (Å²) in [6, 6.07) is 0.302. The van der Waals surface area contributed by atoms with Crippen molar-refractivity contribution in [3.05, 3.63) is 17.5 Å². The van der Waals surface area contributed by atoms with Gasteiger partial charge in [0.2, 0.25) is 0 Å². The lowest BCUT2D eigenvalue weighted by atomic mass is 9.88. The Labute approximate surface area is 117 Å². The summed E-state index contributed by atoms with van der Waals surface area (Å²) in [5, 5.41) is 4.44. The van der Waals surface area contributed by atoms with E-state index < -0.39 is 0 Å². The lowest BCUT2D eigenvalue weighted by Crippen LogP contribution is -2.35. The fraction of sp³-hybridized carbons (Fsp3) is 0.800. The summed E-state index contributed by atoms with van der Waals surface area (Å²) >= 11 is 0. The SMILES string of the molecule is Cc1nn(C)cc1C(CN)N(C)CC1CCCCC1. The standard InChI is InChI=1S/C15H28N4/c1-12-14(11-19(3)17-12)15(9-16)18(2)10-13-7-5-4-6-8-13/h11,13,15H,4-10,16H2,1-3H3. The van der Waals surface area contributed by atoms with Crippen molar-refractivity contribution < 1.29 is 0 Å². The zero-order valence-corrected chi connectivity index (χ0v) is 12.6. The van der Waals surface area contributed by atoms with Gasteiger partial charge in [0.05, 0.1) is 11.7 Å². The molecule has 1 aliphatic carbocycles. The van der Waals surface area contributed by atoms with Gasteiger partial charge in [-0.05, 0) is 32.7 Å². The van der Waals surface area contributed by atoms with Crippen LogP contribution in [-0.2, 0) is 7.05 Å². The van der Waals surface area contributed by atoms with Crippen molar-refractivity contribution in [1.82, 2.24) is 14.7 Å². The molecule has 1 aromatic rings. The van der Waals surface area contributed by atoms with Crippen LogP contribution in [0.5, 0.6) is 0 Å². The monoisotopic (exact) mass is 264 g/mol. The summed E-state index contributed by atoms with van der Waals surface area (Å²) in [4.78, 5) is 2.43. The lowest BCUT2D eigenvalue weighted by Gasteiger charge is -2.32. The lowest BCUT2D eigenvalue weighted by molar-refractivity contribution is 0.185. The number of nitrogens with two attached hydrogens (primary N) is 1. The van der Waals surface area contributed by atoms with Crippen LogP contribution in [-0.4, -0.2) is 34.8 Å². The van der Waals surface area contributed by atoms with Gasteiger partial charge in [0.25, 0.3) is 0 Å². The molecule has 0 amide bonds. The fourth-order valence-electron chi connectivity index (χ4n) is 3.39. The van der Waals surface area contributed by atoms with E-state index in [-0.39, 0.29) is 0 Å². The fourth-order valence-corrected chi connectivity index (χ4v) is 3.39. The highest BCUT2D eigenvalue weighted by molar-refractivity contribution is 5.20. The Hall–Kier alpha value is -0.870. The van der Waals surface area contributed by atoms with Gasteiger partial charge in [-0.15, -0.1) is 0 Å². The van der Waals surface area contributed by atoms with E-state index in [0.29, 0.717) is 12.6 Å². The van der Waals surface area contributed by atoms with Gasteiger partial charge in [0, 0.05) is 31.9 Å². The average Bonchev–Trinajstić information content (AvgIpc) is 2.71. The zero-order valence-electron chi connectivity index (χ0n) is 12.6. The predicted molar refractivity (Wildman–Crippen MR) is 78.9 cm³/mol. The summed E-state index contributed by atoms with van der Waals surface area (Å²) in [5.74, 6) is 0.852.